The fraction of sp³-hybridized carbons (Fsp3) is 0.308. The summed E-state index contributed by atoms with van der Waals surface area (Å²) in [6, 6.07) is 5.13. The standard InChI is InChI=1S/C13H18N4O2S/c1-9-4-5-12(6-13(9)20(14,18)19)16-10(2)11-7-15-17(3)8-11/h4-8,10,16H,1-3H3,(H2,14,18,19). The summed E-state index contributed by atoms with van der Waals surface area (Å²) in [5, 5.41) is 12.6. The molecule has 20 heavy (non-hydrogen) atoms. The Kier molecular flexibility index (Phi) is 3.82. The van der Waals surface area contributed by atoms with Crippen LogP contribution in [0, 0.1) is 6.92 Å². The van der Waals surface area contributed by atoms with Crippen molar-refractivity contribution in [3.8, 4) is 0 Å². The molecule has 1 aromatic carbocycles. The average Bonchev–Trinajstić information content (AvgIpc) is 2.77. The molecule has 108 valence electrons. The Hall–Kier alpha value is -1.86. The molecule has 6 nitrogen and oxygen atoms in total. The molecule has 0 saturated carbocycles. The Labute approximate surface area is 118 Å². The van der Waals surface area contributed by atoms with Crippen LogP contribution in [0.4, 0.5) is 5.69 Å². The third-order valence-corrected chi connectivity index (χ3v) is 4.16. The molecule has 0 aliphatic rings. The second-order valence-electron chi connectivity index (χ2n) is 4.84. The molecule has 2 aromatic rings. The summed E-state index contributed by atoms with van der Waals surface area (Å²) in [5.74, 6) is 0. The first kappa shape index (κ1) is 14.5. The number of hydrogen-bond acceptors (Lipinski definition) is 4. The van der Waals surface area contributed by atoms with Crippen molar-refractivity contribution in [3.05, 3.63) is 41.7 Å². The number of nitrogens with one attached hydrogen (secondary N) is 1. The zero-order valence-electron chi connectivity index (χ0n) is 11.7. The molecule has 0 radical (unpaired) electrons. The number of primary sulfonamides is 1. The lowest BCUT2D eigenvalue weighted by Crippen LogP contribution is -2.14. The minimum atomic E-state index is -3.71. The van der Waals surface area contributed by atoms with Gasteiger partial charge in [0, 0.05) is 24.5 Å². The van der Waals surface area contributed by atoms with E-state index in [1.54, 1.807) is 29.9 Å². The van der Waals surface area contributed by atoms with Gasteiger partial charge in [0.05, 0.1) is 17.1 Å². The van der Waals surface area contributed by atoms with Gasteiger partial charge in [0.15, 0.2) is 0 Å². The zero-order chi connectivity index (χ0) is 14.9. The first-order valence-corrected chi connectivity index (χ1v) is 7.70. The van der Waals surface area contributed by atoms with E-state index in [1.165, 1.54) is 0 Å². The fourth-order valence-corrected chi connectivity index (χ4v) is 2.80. The maximum absolute atomic E-state index is 11.5. The van der Waals surface area contributed by atoms with Crippen LogP contribution in [0.3, 0.4) is 0 Å². The number of aromatic nitrogens is 2. The van der Waals surface area contributed by atoms with E-state index in [9.17, 15) is 8.42 Å². The Bertz CT molecular complexity index is 722. The molecule has 0 spiro atoms. The third-order valence-electron chi connectivity index (χ3n) is 3.10. The average molecular weight is 294 g/mol. The van der Waals surface area contributed by atoms with E-state index in [0.29, 0.717) is 11.3 Å². The molecule has 1 aromatic heterocycles. The van der Waals surface area contributed by atoms with Crippen LogP contribution < -0.4 is 10.5 Å². The molecule has 0 amide bonds. The molecular weight excluding hydrogens is 276 g/mol. The molecule has 0 fully saturated rings. The molecule has 0 aliphatic carbocycles. The van der Waals surface area contributed by atoms with Crippen LogP contribution in [-0.2, 0) is 17.1 Å². The van der Waals surface area contributed by atoms with Crippen molar-refractivity contribution in [2.75, 3.05) is 5.32 Å². The maximum Gasteiger partial charge on any atom is 0.238 e. The predicted octanol–water partition coefficient (Wildman–Crippen LogP) is 1.55. The van der Waals surface area contributed by atoms with Crippen molar-refractivity contribution >= 4 is 15.7 Å². The van der Waals surface area contributed by atoms with Crippen molar-refractivity contribution in [1.82, 2.24) is 9.78 Å². The van der Waals surface area contributed by atoms with E-state index in [0.717, 1.165) is 5.56 Å². The maximum atomic E-state index is 11.5. The van der Waals surface area contributed by atoms with E-state index in [4.69, 9.17) is 5.14 Å². The molecule has 0 saturated heterocycles. The highest BCUT2D eigenvalue weighted by molar-refractivity contribution is 7.89. The van der Waals surface area contributed by atoms with Crippen LogP contribution in [0.1, 0.15) is 24.1 Å². The summed E-state index contributed by atoms with van der Waals surface area (Å²) in [6.07, 6.45) is 3.68. The van der Waals surface area contributed by atoms with E-state index >= 15 is 0 Å². The molecule has 0 bridgehead atoms. The second-order valence-corrected chi connectivity index (χ2v) is 6.37. The van der Waals surface area contributed by atoms with Gasteiger partial charge in [-0.1, -0.05) is 6.07 Å². The van der Waals surface area contributed by atoms with Crippen LogP contribution in [0.5, 0.6) is 0 Å². The van der Waals surface area contributed by atoms with Crippen LogP contribution in [0.2, 0.25) is 0 Å². The van der Waals surface area contributed by atoms with Crippen LogP contribution in [0.25, 0.3) is 0 Å². The van der Waals surface area contributed by atoms with Gasteiger partial charge in [0.25, 0.3) is 0 Å². The normalized spacial score (nSPS) is 13.2. The predicted molar refractivity (Wildman–Crippen MR) is 77.8 cm³/mol. The highest BCUT2D eigenvalue weighted by Crippen LogP contribution is 2.23. The lowest BCUT2D eigenvalue weighted by Gasteiger charge is -2.15. The number of hydrogen-bond donors (Lipinski definition) is 2. The Morgan fingerprint density at radius 1 is 1.40 bits per heavy atom. The molecule has 0 aliphatic heterocycles. The van der Waals surface area contributed by atoms with Gasteiger partial charge in [-0.15, -0.1) is 0 Å². The van der Waals surface area contributed by atoms with E-state index in [2.05, 4.69) is 10.4 Å². The summed E-state index contributed by atoms with van der Waals surface area (Å²) in [7, 11) is -1.86. The van der Waals surface area contributed by atoms with Crippen LogP contribution in [-0.4, -0.2) is 18.2 Å². The Morgan fingerprint density at radius 2 is 2.10 bits per heavy atom. The van der Waals surface area contributed by atoms with Crippen LogP contribution >= 0.6 is 0 Å². The van der Waals surface area contributed by atoms with Gasteiger partial charge in [-0.3, -0.25) is 4.68 Å². The lowest BCUT2D eigenvalue weighted by molar-refractivity contribution is 0.597. The number of aryl methyl sites for hydroxylation is 2. The largest absolute Gasteiger partial charge is 0.378 e. The van der Waals surface area contributed by atoms with Crippen molar-refractivity contribution in [2.45, 2.75) is 24.8 Å². The minimum absolute atomic E-state index is 0.0136. The molecule has 7 heteroatoms. The van der Waals surface area contributed by atoms with Gasteiger partial charge >= 0.3 is 0 Å². The van der Waals surface area contributed by atoms with Gasteiger partial charge in [-0.2, -0.15) is 5.10 Å². The summed E-state index contributed by atoms with van der Waals surface area (Å²) in [5.41, 5.74) is 2.35. The smallest absolute Gasteiger partial charge is 0.238 e. The lowest BCUT2D eigenvalue weighted by atomic mass is 10.1. The van der Waals surface area contributed by atoms with Crippen molar-refractivity contribution < 1.29 is 8.42 Å². The van der Waals surface area contributed by atoms with Gasteiger partial charge in [-0.05, 0) is 31.5 Å². The SMILES string of the molecule is Cc1ccc(NC(C)c2cnn(C)c2)cc1S(N)(=O)=O. The first-order valence-electron chi connectivity index (χ1n) is 6.16. The first-order chi connectivity index (χ1) is 9.27. The number of sulfonamides is 1. The number of benzene rings is 1. The number of rotatable bonds is 4. The van der Waals surface area contributed by atoms with E-state index in [1.807, 2.05) is 26.2 Å². The number of nitrogens with two attached hydrogens (primary N) is 1. The monoisotopic (exact) mass is 294 g/mol. The van der Waals surface area contributed by atoms with Crippen LogP contribution in [0.15, 0.2) is 35.5 Å². The highest BCUT2D eigenvalue weighted by atomic mass is 32.2. The minimum Gasteiger partial charge on any atom is -0.378 e. The topological polar surface area (TPSA) is 90.0 Å². The Balaban J connectivity index is 2.26. The van der Waals surface area contributed by atoms with Crippen molar-refractivity contribution in [2.24, 2.45) is 12.2 Å². The molecule has 2 rings (SSSR count). The molecule has 1 heterocycles. The third kappa shape index (κ3) is 3.17. The van der Waals surface area contributed by atoms with Gasteiger partial charge < -0.3 is 5.32 Å². The van der Waals surface area contributed by atoms with E-state index in [-0.39, 0.29) is 10.9 Å². The number of anilines is 1. The Morgan fingerprint density at radius 3 is 2.65 bits per heavy atom. The summed E-state index contributed by atoms with van der Waals surface area (Å²) >= 11 is 0. The summed E-state index contributed by atoms with van der Waals surface area (Å²) in [4.78, 5) is 0.140. The van der Waals surface area contributed by atoms with Crippen molar-refractivity contribution in [3.63, 3.8) is 0 Å². The molecule has 1 atom stereocenters. The van der Waals surface area contributed by atoms with Crippen molar-refractivity contribution in [1.29, 1.82) is 0 Å². The van der Waals surface area contributed by atoms with Gasteiger partial charge in [0.2, 0.25) is 10.0 Å². The molecular formula is C13H18N4O2S. The molecule has 1 unspecified atom stereocenters. The second kappa shape index (κ2) is 5.26. The summed E-state index contributed by atoms with van der Waals surface area (Å²) < 4.78 is 24.7. The number of nitrogens with zero attached hydrogens (tertiary/aromatic N) is 2. The highest BCUT2D eigenvalue weighted by Gasteiger charge is 2.13. The zero-order valence-corrected chi connectivity index (χ0v) is 12.5. The van der Waals surface area contributed by atoms with E-state index < -0.39 is 10.0 Å². The quantitative estimate of drug-likeness (QED) is 0.895. The summed E-state index contributed by atoms with van der Waals surface area (Å²) in [6.45, 7) is 3.70. The fourth-order valence-electron chi connectivity index (χ4n) is 1.99. The molecule has 3 N–H and O–H groups in total. The van der Waals surface area contributed by atoms with Gasteiger partial charge in [0.1, 0.15) is 0 Å². The van der Waals surface area contributed by atoms with Gasteiger partial charge in [-0.25, -0.2) is 13.6 Å².